The van der Waals surface area contributed by atoms with E-state index >= 15 is 0 Å². The Kier molecular flexibility index (Phi) is 3.70. The first-order valence-electron chi connectivity index (χ1n) is 5.47. The molecule has 16 heavy (non-hydrogen) atoms. The summed E-state index contributed by atoms with van der Waals surface area (Å²) in [6, 6.07) is 5.74. The molecular formula is C13H19NO2. The zero-order valence-electron chi connectivity index (χ0n) is 10.3. The van der Waals surface area contributed by atoms with Crippen molar-refractivity contribution in [3.63, 3.8) is 0 Å². The first-order valence-corrected chi connectivity index (χ1v) is 5.47. The molecule has 0 saturated heterocycles. The van der Waals surface area contributed by atoms with Gasteiger partial charge >= 0.3 is 0 Å². The van der Waals surface area contributed by atoms with Crippen LogP contribution in [0.15, 0.2) is 18.2 Å². The Morgan fingerprint density at radius 1 is 1.31 bits per heavy atom. The van der Waals surface area contributed by atoms with E-state index in [1.165, 1.54) is 0 Å². The molecule has 0 fully saturated rings. The highest BCUT2D eigenvalue weighted by molar-refractivity contribution is 5.93. The molecule has 3 heteroatoms. The zero-order chi connectivity index (χ0) is 12.3. The number of rotatable bonds is 2. The first kappa shape index (κ1) is 12.7. The topological polar surface area (TPSA) is 49.3 Å². The van der Waals surface area contributed by atoms with Crippen molar-refractivity contribution in [2.24, 2.45) is 0 Å². The summed E-state index contributed by atoms with van der Waals surface area (Å²) in [5, 5.41) is 8.65. The van der Waals surface area contributed by atoms with Crippen LogP contribution in [-0.4, -0.2) is 11.1 Å². The summed E-state index contributed by atoms with van der Waals surface area (Å²) in [7, 11) is 0. The second-order valence-electron chi connectivity index (χ2n) is 4.96. The number of hydroxylamine groups is 1. The highest BCUT2D eigenvalue weighted by Crippen LogP contribution is 2.24. The third kappa shape index (κ3) is 2.83. The molecule has 1 aromatic carbocycles. The summed E-state index contributed by atoms with van der Waals surface area (Å²) in [4.78, 5) is 11.4. The minimum atomic E-state index is -0.458. The van der Waals surface area contributed by atoms with Crippen molar-refractivity contribution in [3.05, 3.63) is 34.9 Å². The van der Waals surface area contributed by atoms with Crippen LogP contribution in [0.25, 0.3) is 0 Å². The number of amides is 1. The molecule has 1 aromatic rings. The van der Waals surface area contributed by atoms with Gasteiger partial charge in [-0.3, -0.25) is 10.0 Å². The standard InChI is InChI=1S/C13H19NO2/c1-5-9-6-10(12(15)14-16)8-11(7-9)13(2,3)4/h6-8,16H,5H2,1-4H3,(H,14,15). The van der Waals surface area contributed by atoms with Crippen LogP contribution in [-0.2, 0) is 11.8 Å². The van der Waals surface area contributed by atoms with Crippen LogP contribution in [0.1, 0.15) is 49.2 Å². The Hall–Kier alpha value is -1.35. The van der Waals surface area contributed by atoms with Crippen LogP contribution >= 0.6 is 0 Å². The van der Waals surface area contributed by atoms with Gasteiger partial charge in [0.15, 0.2) is 0 Å². The van der Waals surface area contributed by atoms with Gasteiger partial charge in [-0.1, -0.05) is 33.8 Å². The molecule has 1 rings (SSSR count). The molecule has 3 nitrogen and oxygen atoms in total. The number of hydrogen-bond acceptors (Lipinski definition) is 2. The van der Waals surface area contributed by atoms with E-state index in [4.69, 9.17) is 5.21 Å². The SMILES string of the molecule is CCc1cc(C(=O)NO)cc(C(C)(C)C)c1. The lowest BCUT2D eigenvalue weighted by Crippen LogP contribution is -2.20. The predicted molar refractivity (Wildman–Crippen MR) is 63.8 cm³/mol. The second kappa shape index (κ2) is 4.66. The van der Waals surface area contributed by atoms with Gasteiger partial charge in [0.2, 0.25) is 0 Å². The number of benzene rings is 1. The van der Waals surface area contributed by atoms with Gasteiger partial charge in [-0.05, 0) is 35.1 Å². The van der Waals surface area contributed by atoms with Crippen molar-refractivity contribution in [2.75, 3.05) is 0 Å². The van der Waals surface area contributed by atoms with Gasteiger partial charge in [-0.25, -0.2) is 5.48 Å². The van der Waals surface area contributed by atoms with E-state index in [1.807, 2.05) is 13.0 Å². The van der Waals surface area contributed by atoms with Gasteiger partial charge in [0, 0.05) is 5.56 Å². The fourth-order valence-corrected chi connectivity index (χ4v) is 1.52. The summed E-state index contributed by atoms with van der Waals surface area (Å²) in [5.74, 6) is -0.458. The number of carbonyl (C=O) groups is 1. The lowest BCUT2D eigenvalue weighted by atomic mass is 9.84. The molecule has 0 aliphatic heterocycles. The number of nitrogens with one attached hydrogen (secondary N) is 1. The van der Waals surface area contributed by atoms with Crippen LogP contribution in [0.2, 0.25) is 0 Å². The van der Waals surface area contributed by atoms with Crippen molar-refractivity contribution >= 4 is 5.91 Å². The molecular weight excluding hydrogens is 202 g/mol. The Bertz CT molecular complexity index is 391. The van der Waals surface area contributed by atoms with Crippen LogP contribution in [0.3, 0.4) is 0 Å². The van der Waals surface area contributed by atoms with E-state index in [-0.39, 0.29) is 5.41 Å². The third-order valence-corrected chi connectivity index (χ3v) is 2.63. The van der Waals surface area contributed by atoms with Gasteiger partial charge in [0.1, 0.15) is 0 Å². The first-order chi connectivity index (χ1) is 7.38. The Morgan fingerprint density at radius 3 is 2.38 bits per heavy atom. The molecule has 0 unspecified atom stereocenters. The Balaban J connectivity index is 3.27. The van der Waals surface area contributed by atoms with E-state index in [1.54, 1.807) is 11.5 Å². The average Bonchev–Trinajstić information content (AvgIpc) is 2.26. The number of hydrogen-bond donors (Lipinski definition) is 2. The van der Waals surface area contributed by atoms with E-state index in [0.717, 1.165) is 17.5 Å². The molecule has 0 radical (unpaired) electrons. The van der Waals surface area contributed by atoms with Crippen molar-refractivity contribution in [1.82, 2.24) is 5.48 Å². The summed E-state index contributed by atoms with van der Waals surface area (Å²) in [5.41, 5.74) is 4.38. The van der Waals surface area contributed by atoms with E-state index in [9.17, 15) is 4.79 Å². The largest absolute Gasteiger partial charge is 0.288 e. The van der Waals surface area contributed by atoms with E-state index in [0.29, 0.717) is 5.56 Å². The number of carbonyl (C=O) groups excluding carboxylic acids is 1. The maximum absolute atomic E-state index is 11.4. The van der Waals surface area contributed by atoms with Crippen LogP contribution in [0.4, 0.5) is 0 Å². The minimum absolute atomic E-state index is 0.00430. The van der Waals surface area contributed by atoms with Gasteiger partial charge < -0.3 is 0 Å². The monoisotopic (exact) mass is 221 g/mol. The van der Waals surface area contributed by atoms with Crippen LogP contribution < -0.4 is 5.48 Å². The molecule has 0 heterocycles. The average molecular weight is 221 g/mol. The maximum Gasteiger partial charge on any atom is 0.274 e. The van der Waals surface area contributed by atoms with Crippen molar-refractivity contribution in [2.45, 2.75) is 39.5 Å². The van der Waals surface area contributed by atoms with E-state index < -0.39 is 5.91 Å². The van der Waals surface area contributed by atoms with E-state index in [2.05, 4.69) is 26.8 Å². The van der Waals surface area contributed by atoms with Gasteiger partial charge in [0.25, 0.3) is 5.91 Å². The molecule has 0 aliphatic rings. The fourth-order valence-electron chi connectivity index (χ4n) is 1.52. The molecule has 1 amide bonds. The zero-order valence-corrected chi connectivity index (χ0v) is 10.3. The third-order valence-electron chi connectivity index (χ3n) is 2.63. The van der Waals surface area contributed by atoms with Crippen molar-refractivity contribution < 1.29 is 10.0 Å². The molecule has 0 atom stereocenters. The van der Waals surface area contributed by atoms with Gasteiger partial charge in [-0.15, -0.1) is 0 Å². The Morgan fingerprint density at radius 2 is 1.94 bits per heavy atom. The quantitative estimate of drug-likeness (QED) is 0.596. The lowest BCUT2D eigenvalue weighted by molar-refractivity contribution is 0.0706. The predicted octanol–water partition coefficient (Wildman–Crippen LogP) is 2.67. The molecule has 0 saturated carbocycles. The maximum atomic E-state index is 11.4. The molecule has 0 aliphatic carbocycles. The molecule has 0 aromatic heterocycles. The summed E-state index contributed by atoms with van der Waals surface area (Å²) in [6.07, 6.45) is 0.871. The Labute approximate surface area is 96.4 Å². The summed E-state index contributed by atoms with van der Waals surface area (Å²) >= 11 is 0. The number of aryl methyl sites for hydroxylation is 1. The summed E-state index contributed by atoms with van der Waals surface area (Å²) in [6.45, 7) is 8.34. The molecule has 2 N–H and O–H groups in total. The molecule has 88 valence electrons. The van der Waals surface area contributed by atoms with Crippen molar-refractivity contribution in [3.8, 4) is 0 Å². The van der Waals surface area contributed by atoms with Gasteiger partial charge in [-0.2, -0.15) is 0 Å². The van der Waals surface area contributed by atoms with Crippen molar-refractivity contribution in [1.29, 1.82) is 0 Å². The highest BCUT2D eigenvalue weighted by Gasteiger charge is 2.16. The smallest absolute Gasteiger partial charge is 0.274 e. The molecule has 0 bridgehead atoms. The van der Waals surface area contributed by atoms with Crippen LogP contribution in [0, 0.1) is 0 Å². The van der Waals surface area contributed by atoms with Gasteiger partial charge in [0.05, 0.1) is 0 Å². The minimum Gasteiger partial charge on any atom is -0.288 e. The summed E-state index contributed by atoms with van der Waals surface area (Å²) < 4.78 is 0. The normalized spacial score (nSPS) is 11.3. The highest BCUT2D eigenvalue weighted by atomic mass is 16.5. The lowest BCUT2D eigenvalue weighted by Gasteiger charge is -2.20. The van der Waals surface area contributed by atoms with Crippen LogP contribution in [0.5, 0.6) is 0 Å². The second-order valence-corrected chi connectivity index (χ2v) is 4.96. The fraction of sp³-hybridized carbons (Fsp3) is 0.462. The molecule has 0 spiro atoms.